The van der Waals surface area contributed by atoms with E-state index >= 15 is 0 Å². The van der Waals surface area contributed by atoms with Crippen molar-refractivity contribution in [3.8, 4) is 22.8 Å². The number of hydrogen-bond donors (Lipinski definition) is 2. The van der Waals surface area contributed by atoms with Gasteiger partial charge in [0.05, 0.1) is 5.56 Å². The number of anilines is 1. The highest BCUT2D eigenvalue weighted by atomic mass is 35.5. The Morgan fingerprint density at radius 1 is 1.30 bits per heavy atom. The number of rotatable bonds is 3. The number of halogens is 1. The van der Waals surface area contributed by atoms with Gasteiger partial charge < -0.3 is 5.73 Å². The number of aryl methyl sites for hydroxylation is 1. The van der Waals surface area contributed by atoms with Gasteiger partial charge in [0.2, 0.25) is 0 Å². The summed E-state index contributed by atoms with van der Waals surface area (Å²) in [5.41, 5.74) is 7.52. The molecule has 0 amide bonds. The van der Waals surface area contributed by atoms with Crippen LogP contribution < -0.4 is 5.73 Å². The van der Waals surface area contributed by atoms with Crippen LogP contribution in [0.3, 0.4) is 0 Å². The summed E-state index contributed by atoms with van der Waals surface area (Å²) >= 11 is 5.86. The maximum absolute atomic E-state index is 5.88. The molecule has 20 heavy (non-hydrogen) atoms. The molecule has 1 aromatic carbocycles. The number of hydrogen-bond acceptors (Lipinski definition) is 4. The Labute approximate surface area is 120 Å². The van der Waals surface area contributed by atoms with Gasteiger partial charge in [-0.1, -0.05) is 11.6 Å². The summed E-state index contributed by atoms with van der Waals surface area (Å²) in [4.78, 5) is 4.45. The molecule has 0 saturated carbocycles. The second kappa shape index (κ2) is 4.97. The monoisotopic (exact) mass is 288 g/mol. The zero-order valence-corrected chi connectivity index (χ0v) is 11.6. The molecule has 2 aromatic heterocycles. The SMILES string of the molecule is CCn1cc(-c2nc(-c3ccc(Cl)cc3)n[nH]2)c(N)n1. The molecule has 0 spiro atoms. The molecule has 0 saturated heterocycles. The molecule has 0 aliphatic rings. The Bertz CT molecular complexity index is 728. The normalized spacial score (nSPS) is 10.9. The molecule has 0 unspecified atom stereocenters. The van der Waals surface area contributed by atoms with Crippen molar-refractivity contribution in [3.63, 3.8) is 0 Å². The number of benzene rings is 1. The third-order valence-electron chi connectivity index (χ3n) is 2.96. The lowest BCUT2D eigenvalue weighted by Gasteiger charge is -1.94. The lowest BCUT2D eigenvalue weighted by molar-refractivity contribution is 0.663. The number of H-pyrrole nitrogens is 1. The fourth-order valence-electron chi connectivity index (χ4n) is 1.89. The van der Waals surface area contributed by atoms with Crippen LogP contribution in [0.15, 0.2) is 30.5 Å². The molecule has 3 aromatic rings. The molecule has 0 radical (unpaired) electrons. The van der Waals surface area contributed by atoms with Gasteiger partial charge in [0.1, 0.15) is 0 Å². The summed E-state index contributed by atoms with van der Waals surface area (Å²) in [6, 6.07) is 7.34. The number of nitrogens with two attached hydrogens (primary N) is 1. The molecule has 6 nitrogen and oxygen atoms in total. The number of nitrogens with one attached hydrogen (secondary N) is 1. The van der Waals surface area contributed by atoms with Crippen molar-refractivity contribution in [1.29, 1.82) is 0 Å². The van der Waals surface area contributed by atoms with E-state index in [2.05, 4.69) is 20.3 Å². The summed E-state index contributed by atoms with van der Waals surface area (Å²) in [6.07, 6.45) is 1.85. The minimum absolute atomic E-state index is 0.436. The Morgan fingerprint density at radius 3 is 2.70 bits per heavy atom. The lowest BCUT2D eigenvalue weighted by Crippen LogP contribution is -1.95. The fourth-order valence-corrected chi connectivity index (χ4v) is 2.02. The standard InChI is InChI=1S/C13H13ClN6/c1-2-20-7-10(11(15)19-20)13-16-12(17-18-13)8-3-5-9(14)6-4-8/h3-7H,2H2,1H3,(H2,15,19)(H,16,17,18). The van der Waals surface area contributed by atoms with Gasteiger partial charge in [0.15, 0.2) is 17.5 Å². The minimum atomic E-state index is 0.436. The zero-order valence-electron chi connectivity index (χ0n) is 10.8. The maximum Gasteiger partial charge on any atom is 0.181 e. The van der Waals surface area contributed by atoms with Gasteiger partial charge in [-0.2, -0.15) is 10.2 Å². The van der Waals surface area contributed by atoms with Crippen LogP contribution in [0.25, 0.3) is 22.8 Å². The van der Waals surface area contributed by atoms with Crippen molar-refractivity contribution in [3.05, 3.63) is 35.5 Å². The lowest BCUT2D eigenvalue weighted by atomic mass is 10.2. The second-order valence-electron chi connectivity index (χ2n) is 4.30. The van der Waals surface area contributed by atoms with Crippen molar-refractivity contribution in [2.24, 2.45) is 0 Å². The van der Waals surface area contributed by atoms with Gasteiger partial charge >= 0.3 is 0 Å². The van der Waals surface area contributed by atoms with Crippen molar-refractivity contribution in [1.82, 2.24) is 25.0 Å². The first kappa shape index (κ1) is 12.7. The van der Waals surface area contributed by atoms with Crippen molar-refractivity contribution >= 4 is 17.4 Å². The summed E-state index contributed by atoms with van der Waals surface area (Å²) in [7, 11) is 0. The molecule has 7 heteroatoms. The predicted molar refractivity (Wildman–Crippen MR) is 78.1 cm³/mol. The molecule has 0 aliphatic heterocycles. The molecule has 3 N–H and O–H groups in total. The summed E-state index contributed by atoms with van der Waals surface area (Å²) < 4.78 is 1.76. The molecule has 2 heterocycles. The van der Waals surface area contributed by atoms with Gasteiger partial charge in [0.25, 0.3) is 0 Å². The van der Waals surface area contributed by atoms with Crippen LogP contribution in [0.2, 0.25) is 5.02 Å². The fraction of sp³-hybridized carbons (Fsp3) is 0.154. The highest BCUT2D eigenvalue weighted by Crippen LogP contribution is 2.24. The molecule has 0 atom stereocenters. The van der Waals surface area contributed by atoms with E-state index in [-0.39, 0.29) is 0 Å². The van der Waals surface area contributed by atoms with Gasteiger partial charge in [-0.15, -0.1) is 0 Å². The molecular formula is C13H13ClN6. The molecule has 0 fully saturated rings. The first-order valence-electron chi connectivity index (χ1n) is 6.19. The van der Waals surface area contributed by atoms with Gasteiger partial charge in [0, 0.05) is 23.3 Å². The van der Waals surface area contributed by atoms with Gasteiger partial charge in [-0.25, -0.2) is 4.98 Å². The number of nitrogen functional groups attached to an aromatic ring is 1. The van der Waals surface area contributed by atoms with Crippen LogP contribution in [0.5, 0.6) is 0 Å². The maximum atomic E-state index is 5.88. The Hall–Kier alpha value is -2.34. The predicted octanol–water partition coefficient (Wildman–Crippen LogP) is 2.59. The van der Waals surface area contributed by atoms with E-state index in [9.17, 15) is 0 Å². The second-order valence-corrected chi connectivity index (χ2v) is 4.73. The van der Waals surface area contributed by atoms with Crippen LogP contribution in [0.1, 0.15) is 6.92 Å². The van der Waals surface area contributed by atoms with Crippen LogP contribution >= 0.6 is 11.6 Å². The number of nitrogens with zero attached hydrogens (tertiary/aromatic N) is 4. The largest absolute Gasteiger partial charge is 0.382 e. The van der Waals surface area contributed by atoms with Crippen LogP contribution in [0.4, 0.5) is 5.82 Å². The summed E-state index contributed by atoms with van der Waals surface area (Å²) in [5.74, 6) is 1.64. The topological polar surface area (TPSA) is 85.4 Å². The highest BCUT2D eigenvalue weighted by Gasteiger charge is 2.13. The van der Waals surface area contributed by atoms with Crippen LogP contribution in [0, 0.1) is 0 Å². The summed E-state index contributed by atoms with van der Waals surface area (Å²) in [6.45, 7) is 2.75. The number of aromatic amines is 1. The first-order valence-corrected chi connectivity index (χ1v) is 6.57. The molecule has 102 valence electrons. The minimum Gasteiger partial charge on any atom is -0.382 e. The summed E-state index contributed by atoms with van der Waals surface area (Å²) in [5, 5.41) is 11.9. The van der Waals surface area contributed by atoms with E-state index in [1.807, 2.05) is 25.3 Å². The van der Waals surface area contributed by atoms with Crippen molar-refractivity contribution < 1.29 is 0 Å². The Kier molecular flexibility index (Phi) is 3.15. The third-order valence-corrected chi connectivity index (χ3v) is 3.21. The van der Waals surface area contributed by atoms with E-state index in [1.165, 1.54) is 0 Å². The van der Waals surface area contributed by atoms with Crippen LogP contribution in [-0.2, 0) is 6.54 Å². The van der Waals surface area contributed by atoms with E-state index in [0.29, 0.717) is 22.5 Å². The smallest absolute Gasteiger partial charge is 0.181 e. The molecule has 0 aliphatic carbocycles. The highest BCUT2D eigenvalue weighted by molar-refractivity contribution is 6.30. The van der Waals surface area contributed by atoms with E-state index in [0.717, 1.165) is 17.7 Å². The Morgan fingerprint density at radius 2 is 2.05 bits per heavy atom. The van der Waals surface area contributed by atoms with E-state index in [1.54, 1.807) is 16.8 Å². The first-order chi connectivity index (χ1) is 9.67. The van der Waals surface area contributed by atoms with Gasteiger partial charge in [-0.3, -0.25) is 9.78 Å². The van der Waals surface area contributed by atoms with E-state index in [4.69, 9.17) is 17.3 Å². The van der Waals surface area contributed by atoms with Gasteiger partial charge in [-0.05, 0) is 31.2 Å². The quantitative estimate of drug-likeness (QED) is 0.775. The zero-order chi connectivity index (χ0) is 14.1. The molecule has 3 rings (SSSR count). The Balaban J connectivity index is 1.97. The molecular weight excluding hydrogens is 276 g/mol. The number of aromatic nitrogens is 5. The van der Waals surface area contributed by atoms with Crippen LogP contribution in [-0.4, -0.2) is 25.0 Å². The van der Waals surface area contributed by atoms with Crippen molar-refractivity contribution in [2.45, 2.75) is 13.5 Å². The third kappa shape index (κ3) is 2.25. The average molecular weight is 289 g/mol. The molecule has 0 bridgehead atoms. The van der Waals surface area contributed by atoms with Crippen molar-refractivity contribution in [2.75, 3.05) is 5.73 Å². The van der Waals surface area contributed by atoms with E-state index < -0.39 is 0 Å². The average Bonchev–Trinajstić information content (AvgIpc) is 3.06.